The summed E-state index contributed by atoms with van der Waals surface area (Å²) >= 11 is 0. The van der Waals surface area contributed by atoms with Gasteiger partial charge < -0.3 is 15.3 Å². The lowest BCUT2D eigenvalue weighted by atomic mass is 9.91. The second kappa shape index (κ2) is 101. The molecule has 1 aromatic carbocycles. The first-order valence-electron chi connectivity index (χ1n) is 59.7. The lowest BCUT2D eigenvalue weighted by Crippen LogP contribution is -2.39. The number of hydrogen-bond acceptors (Lipinski definition) is 6. The van der Waals surface area contributed by atoms with Gasteiger partial charge in [-0.25, -0.2) is 0 Å². The molecule has 1 aromatic rings. The van der Waals surface area contributed by atoms with Crippen molar-refractivity contribution in [1.82, 2.24) is 14.7 Å². The fourth-order valence-electron chi connectivity index (χ4n) is 21.0. The maximum absolute atomic E-state index is 14.8. The van der Waals surface area contributed by atoms with Gasteiger partial charge in [-0.2, -0.15) is 0 Å². The second-order valence-corrected chi connectivity index (χ2v) is 42.1. The van der Waals surface area contributed by atoms with E-state index in [1.54, 1.807) is 0 Å². The lowest BCUT2D eigenvalue weighted by Gasteiger charge is -2.34. The van der Waals surface area contributed by atoms with E-state index in [0.717, 1.165) is 116 Å². The molecule has 0 saturated carbocycles. The van der Waals surface area contributed by atoms with Crippen LogP contribution in [-0.4, -0.2) is 87.2 Å². The van der Waals surface area contributed by atoms with Gasteiger partial charge in [-0.15, -0.1) is 0 Å². The van der Waals surface area contributed by atoms with Gasteiger partial charge in [0.25, 0.3) is 0 Å². The van der Waals surface area contributed by atoms with Crippen LogP contribution in [0.25, 0.3) is 0 Å². The molecule has 0 spiro atoms. The van der Waals surface area contributed by atoms with Crippen molar-refractivity contribution in [2.45, 2.75) is 676 Å². The van der Waals surface area contributed by atoms with Gasteiger partial charge in [0, 0.05) is 0 Å². The van der Waals surface area contributed by atoms with Crippen molar-refractivity contribution in [3.63, 3.8) is 0 Å². The molecule has 0 saturated heterocycles. The standard InChI is InChI=1S/C120H231N3O6/c1-7-13-19-25-31-37-43-49-55-61-67-73-79-85-91-97-103-121(104-98-92-86-80-74-68-62-56-50-44-38-32-26-20-14-8-2)115(118(124)125)112-109-113(116(119(126)127)122(105-99-93-87-81-75-69-63-57-51-45-39-33-27-21-15-9-3)106-100-94-88-82-76-70-64-58-52-46-40-34-28-22-16-10-4)111-114(110-112)117(120(128)129)123(107-101-95-89-83-77-71-65-59-53-47-41-35-29-23-17-11-5)108-102-96-90-84-78-72-66-60-54-48-42-36-30-24-18-12-6/h109-111,115-117H,7-108H2,1-6H3,(H,124,125)(H,126,127)(H,128,129). The Morgan fingerprint density at radius 3 is 0.310 bits per heavy atom. The van der Waals surface area contributed by atoms with Crippen LogP contribution >= 0.6 is 0 Å². The van der Waals surface area contributed by atoms with E-state index < -0.39 is 36.0 Å². The predicted octanol–water partition coefficient (Wildman–Crippen LogP) is 40.5. The maximum atomic E-state index is 14.8. The molecule has 0 fully saturated rings. The van der Waals surface area contributed by atoms with Gasteiger partial charge in [-0.05, 0) is 94.5 Å². The normalized spacial score (nSPS) is 12.6. The van der Waals surface area contributed by atoms with E-state index in [1.165, 1.54) is 501 Å². The Morgan fingerprint density at radius 2 is 0.233 bits per heavy atom. The molecule has 0 bridgehead atoms. The number of rotatable bonds is 111. The molecule has 0 aliphatic heterocycles. The van der Waals surface area contributed by atoms with Gasteiger partial charge in [0.2, 0.25) is 0 Å². The van der Waals surface area contributed by atoms with E-state index in [2.05, 4.69) is 56.2 Å². The molecule has 3 atom stereocenters. The van der Waals surface area contributed by atoms with Crippen LogP contribution in [0.3, 0.4) is 0 Å². The van der Waals surface area contributed by atoms with Crippen LogP contribution in [0.5, 0.6) is 0 Å². The Hall–Kier alpha value is -2.49. The topological polar surface area (TPSA) is 122 Å². The zero-order valence-electron chi connectivity index (χ0n) is 88.5. The summed E-state index contributed by atoms with van der Waals surface area (Å²) < 4.78 is 0. The SMILES string of the molecule is CCCCCCCCCCCCCCCCCCN(CCCCCCCCCCCCCCCCCC)C(C(=O)O)c1cc(C(C(=O)O)N(CCCCCCCCCCCCCCCCCC)CCCCCCCCCCCCCCCCCC)cc(C(C(=O)O)N(CCCCCCCCCCCCCCCCCC)CCCCCCCCCCCCCCCCCC)c1. The monoisotopic (exact) mass is 1810 g/mol. The molecule has 9 heteroatoms. The zero-order valence-corrected chi connectivity index (χ0v) is 88.5. The van der Waals surface area contributed by atoms with Crippen LogP contribution in [0.1, 0.15) is 693 Å². The summed E-state index contributed by atoms with van der Waals surface area (Å²) in [5.74, 6) is -2.75. The highest BCUT2D eigenvalue weighted by atomic mass is 16.4. The van der Waals surface area contributed by atoms with Gasteiger partial charge in [-0.3, -0.25) is 29.1 Å². The third-order valence-electron chi connectivity index (χ3n) is 29.5. The van der Waals surface area contributed by atoms with Crippen LogP contribution in [0.15, 0.2) is 18.2 Å². The predicted molar refractivity (Wildman–Crippen MR) is 570 cm³/mol. The van der Waals surface area contributed by atoms with Crippen LogP contribution < -0.4 is 0 Å². The minimum absolute atomic E-state index is 0.565. The molecule has 1 rings (SSSR count). The molecular formula is C120H231N3O6. The van der Waals surface area contributed by atoms with E-state index in [9.17, 15) is 29.7 Å². The smallest absolute Gasteiger partial charge is 0.325 e. The first kappa shape index (κ1) is 125. The van der Waals surface area contributed by atoms with Crippen LogP contribution in [0.4, 0.5) is 0 Å². The molecule has 3 unspecified atom stereocenters. The van der Waals surface area contributed by atoms with Gasteiger partial charge in [-0.1, -0.05) is 638 Å². The summed E-state index contributed by atoms with van der Waals surface area (Å²) in [5.41, 5.74) is 1.69. The second-order valence-electron chi connectivity index (χ2n) is 42.1. The van der Waals surface area contributed by atoms with Crippen molar-refractivity contribution in [1.29, 1.82) is 0 Å². The number of nitrogens with zero attached hydrogens (tertiary/aromatic N) is 3. The summed E-state index contributed by atoms with van der Waals surface area (Å²) in [6.45, 7) is 17.7. The summed E-state index contributed by atoms with van der Waals surface area (Å²) in [7, 11) is 0. The van der Waals surface area contributed by atoms with Gasteiger partial charge >= 0.3 is 17.9 Å². The Labute approximate surface area is 807 Å². The molecule has 0 aromatic heterocycles. The number of aliphatic carboxylic acids is 3. The number of carboxylic acids is 3. The summed E-state index contributed by atoms with van der Waals surface area (Å²) in [5, 5.41) is 36.3. The molecule has 0 amide bonds. The van der Waals surface area contributed by atoms with Crippen molar-refractivity contribution < 1.29 is 29.7 Å². The number of benzene rings is 1. The minimum atomic E-state index is -1.04. The molecule has 3 N–H and O–H groups in total. The Morgan fingerprint density at radius 1 is 0.155 bits per heavy atom. The molecule has 129 heavy (non-hydrogen) atoms. The average Bonchev–Trinajstić information content (AvgIpc) is 0.781. The Balaban J connectivity index is 3.96. The van der Waals surface area contributed by atoms with E-state index >= 15 is 0 Å². The van der Waals surface area contributed by atoms with Crippen molar-refractivity contribution in [2.24, 2.45) is 0 Å². The highest BCUT2D eigenvalue weighted by molar-refractivity contribution is 5.80. The van der Waals surface area contributed by atoms with Gasteiger partial charge in [0.15, 0.2) is 0 Å². The number of unbranched alkanes of at least 4 members (excludes halogenated alkanes) is 90. The van der Waals surface area contributed by atoms with E-state index in [0.29, 0.717) is 56.0 Å². The molecule has 0 aliphatic carbocycles. The maximum Gasteiger partial charge on any atom is 0.325 e. The Kier molecular flexibility index (Phi) is 97.9. The first-order chi connectivity index (χ1) is 63.6. The molecular weight excluding hydrogens is 1580 g/mol. The van der Waals surface area contributed by atoms with Crippen LogP contribution in [0.2, 0.25) is 0 Å². The molecule has 9 nitrogen and oxygen atoms in total. The Bertz CT molecular complexity index is 2040. The number of hydrogen-bond donors (Lipinski definition) is 3. The zero-order chi connectivity index (χ0) is 93.2. The largest absolute Gasteiger partial charge is 0.480 e. The van der Waals surface area contributed by atoms with Crippen molar-refractivity contribution in [3.8, 4) is 0 Å². The van der Waals surface area contributed by atoms with Crippen molar-refractivity contribution in [3.05, 3.63) is 34.9 Å². The van der Waals surface area contributed by atoms with E-state index in [-0.39, 0.29) is 0 Å². The third-order valence-corrected chi connectivity index (χ3v) is 29.5. The van der Waals surface area contributed by atoms with Gasteiger partial charge in [0.05, 0.1) is 0 Å². The molecule has 762 valence electrons. The highest BCUT2D eigenvalue weighted by Gasteiger charge is 2.36. The van der Waals surface area contributed by atoms with Crippen LogP contribution in [-0.2, 0) is 14.4 Å². The van der Waals surface area contributed by atoms with E-state index in [4.69, 9.17) is 0 Å². The average molecular weight is 1810 g/mol. The number of carbonyl (C=O) groups is 3. The minimum Gasteiger partial charge on any atom is -0.480 e. The fourth-order valence-corrected chi connectivity index (χ4v) is 21.0. The third kappa shape index (κ3) is 81.2. The van der Waals surface area contributed by atoms with E-state index in [1.807, 2.05) is 18.2 Å². The fraction of sp³-hybridized carbons (Fsp3) is 0.925. The number of carboxylic acid groups (broad SMARTS) is 3. The van der Waals surface area contributed by atoms with Crippen molar-refractivity contribution >= 4 is 17.9 Å². The lowest BCUT2D eigenvalue weighted by molar-refractivity contribution is -0.144. The molecule has 0 radical (unpaired) electrons. The highest BCUT2D eigenvalue weighted by Crippen LogP contribution is 2.36. The summed E-state index contributed by atoms with van der Waals surface area (Å²) in [6.07, 6.45) is 123. The quantitative estimate of drug-likeness (QED) is 0.0548. The summed E-state index contributed by atoms with van der Waals surface area (Å²) in [4.78, 5) is 51.1. The first-order valence-corrected chi connectivity index (χ1v) is 59.7. The molecule has 0 heterocycles. The summed E-state index contributed by atoms with van der Waals surface area (Å²) in [6, 6.07) is 2.80. The molecule has 0 aliphatic rings. The van der Waals surface area contributed by atoms with Crippen LogP contribution in [0, 0.1) is 0 Å². The van der Waals surface area contributed by atoms with Crippen molar-refractivity contribution in [2.75, 3.05) is 39.3 Å². The van der Waals surface area contributed by atoms with Gasteiger partial charge in [0.1, 0.15) is 18.1 Å².